The van der Waals surface area contributed by atoms with Gasteiger partial charge in [0.25, 0.3) is 0 Å². The third-order valence-corrected chi connectivity index (χ3v) is 4.87. The zero-order chi connectivity index (χ0) is 17.9. The molecule has 1 atom stereocenters. The van der Waals surface area contributed by atoms with Gasteiger partial charge < -0.3 is 15.5 Å². The third kappa shape index (κ3) is 3.57. The Hall–Kier alpha value is -2.44. The molecule has 0 saturated carbocycles. The van der Waals surface area contributed by atoms with Gasteiger partial charge >= 0.3 is 0 Å². The van der Waals surface area contributed by atoms with Crippen molar-refractivity contribution in [3.63, 3.8) is 0 Å². The summed E-state index contributed by atoms with van der Waals surface area (Å²) in [4.78, 5) is 15.3. The lowest BCUT2D eigenvalue weighted by atomic mass is 10.1. The van der Waals surface area contributed by atoms with E-state index in [2.05, 4.69) is 43.5 Å². The highest BCUT2D eigenvalue weighted by molar-refractivity contribution is 6.34. The Bertz CT molecular complexity index is 915. The topological polar surface area (TPSA) is 66.0 Å². The van der Waals surface area contributed by atoms with E-state index in [9.17, 15) is 0 Å². The van der Waals surface area contributed by atoms with Crippen molar-refractivity contribution < 1.29 is 0 Å². The molecule has 26 heavy (non-hydrogen) atoms. The van der Waals surface area contributed by atoms with Gasteiger partial charge in [-0.2, -0.15) is 0 Å². The van der Waals surface area contributed by atoms with Gasteiger partial charge in [0, 0.05) is 50.8 Å². The maximum Gasteiger partial charge on any atom is 0.107 e. The molecule has 6 nitrogen and oxygen atoms in total. The monoisotopic (exact) mass is 368 g/mol. The van der Waals surface area contributed by atoms with E-state index in [1.165, 1.54) is 5.69 Å². The molecule has 0 spiro atoms. The second-order valence-electron chi connectivity index (χ2n) is 6.55. The molecule has 1 fully saturated rings. The standard InChI is InChI=1S/C19H21ClN6/c1-13-12-26(7-6-22-13)18-2-3-21-11-17(18)25-10-14-8-15(20)19-16(9-14)23-4-5-24-19/h2-5,8-9,11,13,22,25H,6-7,10,12H2,1H3. The van der Waals surface area contributed by atoms with Gasteiger partial charge in [-0.1, -0.05) is 11.6 Å². The van der Waals surface area contributed by atoms with Gasteiger partial charge in [0.2, 0.25) is 0 Å². The fourth-order valence-corrected chi connectivity index (χ4v) is 3.62. The van der Waals surface area contributed by atoms with Crippen LogP contribution in [-0.2, 0) is 6.54 Å². The summed E-state index contributed by atoms with van der Waals surface area (Å²) in [6, 6.07) is 6.50. The number of aromatic nitrogens is 3. The van der Waals surface area contributed by atoms with Crippen molar-refractivity contribution in [2.45, 2.75) is 19.5 Å². The molecule has 1 unspecified atom stereocenters. The quantitative estimate of drug-likeness (QED) is 0.737. The highest BCUT2D eigenvalue weighted by atomic mass is 35.5. The first-order chi connectivity index (χ1) is 12.7. The van der Waals surface area contributed by atoms with Crippen molar-refractivity contribution in [1.29, 1.82) is 0 Å². The fraction of sp³-hybridized carbons (Fsp3) is 0.316. The van der Waals surface area contributed by atoms with E-state index in [0.717, 1.165) is 41.9 Å². The minimum atomic E-state index is 0.475. The molecular weight excluding hydrogens is 348 g/mol. The second-order valence-corrected chi connectivity index (χ2v) is 6.96. The van der Waals surface area contributed by atoms with E-state index < -0.39 is 0 Å². The number of benzene rings is 1. The number of nitrogens with zero attached hydrogens (tertiary/aromatic N) is 4. The lowest BCUT2D eigenvalue weighted by Gasteiger charge is -2.34. The first kappa shape index (κ1) is 17.0. The van der Waals surface area contributed by atoms with Crippen LogP contribution >= 0.6 is 11.6 Å². The SMILES string of the molecule is CC1CN(c2ccncc2NCc2cc(Cl)c3nccnc3c2)CCN1. The molecular formula is C19H21ClN6. The number of pyridine rings is 1. The molecule has 3 aromatic rings. The summed E-state index contributed by atoms with van der Waals surface area (Å²) < 4.78 is 0. The first-order valence-corrected chi connectivity index (χ1v) is 9.14. The number of hydrogen-bond acceptors (Lipinski definition) is 6. The van der Waals surface area contributed by atoms with Gasteiger partial charge in [0.05, 0.1) is 28.1 Å². The average Bonchev–Trinajstić information content (AvgIpc) is 2.67. The summed E-state index contributed by atoms with van der Waals surface area (Å²) in [7, 11) is 0. The summed E-state index contributed by atoms with van der Waals surface area (Å²) in [6.45, 7) is 5.81. The lowest BCUT2D eigenvalue weighted by molar-refractivity contribution is 0.485. The normalized spacial score (nSPS) is 17.5. The molecule has 2 N–H and O–H groups in total. The van der Waals surface area contributed by atoms with Gasteiger partial charge in [-0.15, -0.1) is 0 Å². The van der Waals surface area contributed by atoms with Crippen molar-refractivity contribution in [2.75, 3.05) is 29.9 Å². The number of rotatable bonds is 4. The van der Waals surface area contributed by atoms with Crippen molar-refractivity contribution >= 4 is 34.0 Å². The highest BCUT2D eigenvalue weighted by Crippen LogP contribution is 2.27. The van der Waals surface area contributed by atoms with Crippen LogP contribution in [0.4, 0.5) is 11.4 Å². The molecule has 134 valence electrons. The van der Waals surface area contributed by atoms with Crippen LogP contribution in [0.5, 0.6) is 0 Å². The van der Waals surface area contributed by atoms with Crippen molar-refractivity contribution in [3.05, 3.63) is 53.6 Å². The number of halogens is 1. The van der Waals surface area contributed by atoms with Crippen LogP contribution in [0.3, 0.4) is 0 Å². The summed E-state index contributed by atoms with van der Waals surface area (Å²) >= 11 is 6.36. The van der Waals surface area contributed by atoms with Crippen LogP contribution in [0, 0.1) is 0 Å². The van der Waals surface area contributed by atoms with Crippen LogP contribution in [-0.4, -0.2) is 40.6 Å². The Morgan fingerprint density at radius 2 is 2.15 bits per heavy atom. The number of anilines is 2. The summed E-state index contributed by atoms with van der Waals surface area (Å²) in [6.07, 6.45) is 7.06. The molecule has 0 bridgehead atoms. The van der Waals surface area contributed by atoms with E-state index in [-0.39, 0.29) is 0 Å². The molecule has 3 heterocycles. The maximum absolute atomic E-state index is 6.36. The Kier molecular flexibility index (Phi) is 4.86. The predicted octanol–water partition coefficient (Wildman–Crippen LogP) is 3.09. The first-order valence-electron chi connectivity index (χ1n) is 8.76. The number of fused-ring (bicyclic) bond motifs is 1. The molecule has 7 heteroatoms. The fourth-order valence-electron chi connectivity index (χ4n) is 3.34. The maximum atomic E-state index is 6.36. The number of hydrogen-bond donors (Lipinski definition) is 2. The van der Waals surface area contributed by atoms with E-state index >= 15 is 0 Å². The van der Waals surface area contributed by atoms with Gasteiger partial charge in [0.1, 0.15) is 5.52 Å². The Balaban J connectivity index is 1.55. The van der Waals surface area contributed by atoms with Crippen molar-refractivity contribution in [2.24, 2.45) is 0 Å². The number of nitrogens with one attached hydrogen (secondary N) is 2. The van der Waals surface area contributed by atoms with E-state index in [0.29, 0.717) is 17.6 Å². The van der Waals surface area contributed by atoms with E-state index in [1.807, 2.05) is 24.5 Å². The summed E-state index contributed by atoms with van der Waals surface area (Å²) in [5, 5.41) is 7.60. The molecule has 0 amide bonds. The second kappa shape index (κ2) is 7.43. The highest BCUT2D eigenvalue weighted by Gasteiger charge is 2.18. The summed E-state index contributed by atoms with van der Waals surface area (Å²) in [5.74, 6) is 0. The zero-order valence-corrected chi connectivity index (χ0v) is 15.4. The van der Waals surface area contributed by atoms with Crippen LogP contribution in [0.1, 0.15) is 12.5 Å². The summed E-state index contributed by atoms with van der Waals surface area (Å²) in [5.41, 5.74) is 4.80. The van der Waals surface area contributed by atoms with Crippen LogP contribution in [0.25, 0.3) is 11.0 Å². The van der Waals surface area contributed by atoms with Crippen LogP contribution in [0.15, 0.2) is 43.0 Å². The molecule has 0 radical (unpaired) electrons. The third-order valence-electron chi connectivity index (χ3n) is 4.58. The average molecular weight is 369 g/mol. The molecule has 0 aliphatic carbocycles. The van der Waals surface area contributed by atoms with E-state index in [4.69, 9.17) is 11.6 Å². The Morgan fingerprint density at radius 1 is 1.27 bits per heavy atom. The molecule has 4 rings (SSSR count). The van der Waals surface area contributed by atoms with Gasteiger partial charge in [-0.25, -0.2) is 0 Å². The zero-order valence-electron chi connectivity index (χ0n) is 14.6. The predicted molar refractivity (Wildman–Crippen MR) is 106 cm³/mol. The molecule has 1 aliphatic rings. The van der Waals surface area contributed by atoms with Crippen LogP contribution in [0.2, 0.25) is 5.02 Å². The lowest BCUT2D eigenvalue weighted by Crippen LogP contribution is -2.49. The van der Waals surface area contributed by atoms with Gasteiger partial charge in [0.15, 0.2) is 0 Å². The minimum Gasteiger partial charge on any atom is -0.378 e. The van der Waals surface area contributed by atoms with E-state index in [1.54, 1.807) is 12.4 Å². The largest absolute Gasteiger partial charge is 0.378 e. The van der Waals surface area contributed by atoms with Crippen molar-refractivity contribution in [1.82, 2.24) is 20.3 Å². The molecule has 1 saturated heterocycles. The molecule has 1 aromatic carbocycles. The molecule has 2 aromatic heterocycles. The Labute approximate surface area is 157 Å². The smallest absolute Gasteiger partial charge is 0.107 e. The van der Waals surface area contributed by atoms with Crippen molar-refractivity contribution in [3.8, 4) is 0 Å². The number of piperazine rings is 1. The van der Waals surface area contributed by atoms with Gasteiger partial charge in [-0.05, 0) is 30.7 Å². The van der Waals surface area contributed by atoms with Crippen LogP contribution < -0.4 is 15.5 Å². The molecule has 1 aliphatic heterocycles. The van der Waals surface area contributed by atoms with Gasteiger partial charge in [-0.3, -0.25) is 15.0 Å². The minimum absolute atomic E-state index is 0.475. The Morgan fingerprint density at radius 3 is 3.04 bits per heavy atom.